The molecule has 4 rings (SSSR count). The number of rotatable bonds is 6. The van der Waals surface area contributed by atoms with E-state index in [1.807, 2.05) is 36.4 Å². The van der Waals surface area contributed by atoms with E-state index in [0.29, 0.717) is 11.3 Å². The second kappa shape index (κ2) is 10.6. The molecule has 0 radical (unpaired) electrons. The Morgan fingerprint density at radius 3 is 2.59 bits per heavy atom. The van der Waals surface area contributed by atoms with Crippen LogP contribution in [0.25, 0.3) is 10.9 Å². The summed E-state index contributed by atoms with van der Waals surface area (Å²) in [6, 6.07) is 22.4. The number of aromatic nitrogens is 1. The van der Waals surface area contributed by atoms with Crippen molar-refractivity contribution in [1.29, 1.82) is 0 Å². The predicted molar refractivity (Wildman–Crippen MR) is 116 cm³/mol. The van der Waals surface area contributed by atoms with Gasteiger partial charge >= 0.3 is 29.6 Å². The van der Waals surface area contributed by atoms with Crippen molar-refractivity contribution < 1.29 is 49.0 Å². The number of halogens is 1. The van der Waals surface area contributed by atoms with Crippen LogP contribution in [0.5, 0.6) is 5.75 Å². The van der Waals surface area contributed by atoms with Gasteiger partial charge in [0.05, 0.1) is 22.9 Å². The van der Waals surface area contributed by atoms with Crippen LogP contribution in [0.2, 0.25) is 5.02 Å². The number of carboxylic acids is 1. The van der Waals surface area contributed by atoms with E-state index >= 15 is 0 Å². The Morgan fingerprint density at radius 1 is 0.969 bits per heavy atom. The zero-order chi connectivity index (χ0) is 21.8. The molecule has 0 aliphatic rings. The molecule has 4 aromatic rings. The summed E-state index contributed by atoms with van der Waals surface area (Å²) >= 11 is 5.83. The molecule has 1 aromatic heterocycles. The average Bonchev–Trinajstić information content (AvgIpc) is 2.78. The van der Waals surface area contributed by atoms with Crippen molar-refractivity contribution >= 4 is 40.1 Å². The summed E-state index contributed by atoms with van der Waals surface area (Å²) in [6.07, 6.45) is 0. The SMILES string of the molecule is O=C(Nc1ccc(Cl)cc1C(=O)[O-])c1cccc(OCc2ccc3ccccc3n2)c1.[Na+]. The molecule has 0 saturated carbocycles. The summed E-state index contributed by atoms with van der Waals surface area (Å²) in [4.78, 5) is 28.5. The largest absolute Gasteiger partial charge is 1.00 e. The fourth-order valence-corrected chi connectivity index (χ4v) is 3.23. The number of hydrogen-bond acceptors (Lipinski definition) is 5. The number of para-hydroxylation sites is 1. The van der Waals surface area contributed by atoms with Gasteiger partial charge in [-0.3, -0.25) is 4.79 Å². The molecule has 8 heteroatoms. The van der Waals surface area contributed by atoms with Crippen molar-refractivity contribution in [3.8, 4) is 5.75 Å². The standard InChI is InChI=1S/C24H17ClN2O4.Na/c25-17-9-11-22(20(13-17)24(29)30)27-23(28)16-5-3-6-19(12-16)31-14-18-10-8-15-4-1-2-7-21(15)26-18;/h1-13H,14H2,(H,27,28)(H,29,30);/q;+1/p-1. The van der Waals surface area contributed by atoms with Crippen LogP contribution in [0.3, 0.4) is 0 Å². The number of pyridine rings is 1. The minimum Gasteiger partial charge on any atom is -0.545 e. The van der Waals surface area contributed by atoms with E-state index in [9.17, 15) is 14.7 Å². The van der Waals surface area contributed by atoms with Crippen LogP contribution in [-0.2, 0) is 6.61 Å². The van der Waals surface area contributed by atoms with Crippen LogP contribution in [0.4, 0.5) is 5.69 Å². The quantitative estimate of drug-likeness (QED) is 0.440. The summed E-state index contributed by atoms with van der Waals surface area (Å²) < 4.78 is 5.80. The number of benzene rings is 3. The van der Waals surface area contributed by atoms with Crippen molar-refractivity contribution in [2.24, 2.45) is 0 Å². The van der Waals surface area contributed by atoms with Gasteiger partial charge in [-0.15, -0.1) is 0 Å². The van der Waals surface area contributed by atoms with E-state index in [1.165, 1.54) is 18.2 Å². The van der Waals surface area contributed by atoms with Crippen molar-refractivity contribution in [3.63, 3.8) is 0 Å². The molecule has 0 fully saturated rings. The number of aromatic carboxylic acids is 1. The molecule has 32 heavy (non-hydrogen) atoms. The van der Waals surface area contributed by atoms with Crippen molar-refractivity contribution in [1.82, 2.24) is 4.98 Å². The zero-order valence-electron chi connectivity index (χ0n) is 17.2. The smallest absolute Gasteiger partial charge is 0.545 e. The molecule has 0 aliphatic heterocycles. The number of anilines is 1. The van der Waals surface area contributed by atoms with Gasteiger partial charge in [0.15, 0.2) is 0 Å². The second-order valence-electron chi connectivity index (χ2n) is 6.74. The molecule has 3 aromatic carbocycles. The Balaban J connectivity index is 0.00000289. The number of ether oxygens (including phenoxy) is 1. The van der Waals surface area contributed by atoms with Gasteiger partial charge in [0, 0.05) is 21.5 Å². The Bertz CT molecular complexity index is 1300. The van der Waals surface area contributed by atoms with E-state index in [4.69, 9.17) is 16.3 Å². The molecule has 154 valence electrons. The molecule has 0 aliphatic carbocycles. The Kier molecular flexibility index (Phi) is 7.88. The molecule has 0 bridgehead atoms. The summed E-state index contributed by atoms with van der Waals surface area (Å²) in [6.45, 7) is 0.238. The zero-order valence-corrected chi connectivity index (χ0v) is 19.9. The summed E-state index contributed by atoms with van der Waals surface area (Å²) in [5.74, 6) is -1.43. The maximum absolute atomic E-state index is 12.6. The van der Waals surface area contributed by atoms with Crippen molar-refractivity contribution in [3.05, 3.63) is 101 Å². The number of nitrogens with one attached hydrogen (secondary N) is 1. The van der Waals surface area contributed by atoms with Crippen molar-refractivity contribution in [2.75, 3.05) is 5.32 Å². The van der Waals surface area contributed by atoms with Gasteiger partial charge in [0.2, 0.25) is 0 Å². The van der Waals surface area contributed by atoms with Gasteiger partial charge in [-0.25, -0.2) is 4.98 Å². The van der Waals surface area contributed by atoms with Crippen molar-refractivity contribution in [2.45, 2.75) is 6.61 Å². The van der Waals surface area contributed by atoms with Crippen LogP contribution in [0.15, 0.2) is 78.9 Å². The monoisotopic (exact) mass is 454 g/mol. The molecule has 0 spiro atoms. The van der Waals surface area contributed by atoms with Crippen LogP contribution in [0.1, 0.15) is 26.4 Å². The minimum atomic E-state index is -1.43. The number of nitrogens with zero attached hydrogens (tertiary/aromatic N) is 1. The fourth-order valence-electron chi connectivity index (χ4n) is 3.06. The first kappa shape index (κ1) is 23.8. The number of hydrogen-bond donors (Lipinski definition) is 1. The average molecular weight is 455 g/mol. The molecule has 1 heterocycles. The normalized spacial score (nSPS) is 10.3. The summed E-state index contributed by atoms with van der Waals surface area (Å²) in [7, 11) is 0. The van der Waals surface area contributed by atoms with Crippen LogP contribution >= 0.6 is 11.6 Å². The van der Waals surface area contributed by atoms with Gasteiger partial charge in [0.1, 0.15) is 12.4 Å². The van der Waals surface area contributed by atoms with Crippen LogP contribution in [-0.4, -0.2) is 16.9 Å². The Labute approximate surface area is 211 Å². The summed E-state index contributed by atoms with van der Waals surface area (Å²) in [5, 5.41) is 15.1. The molecular formula is C24H16ClN2NaO4. The van der Waals surface area contributed by atoms with E-state index in [2.05, 4.69) is 10.3 Å². The Hall–Kier alpha value is -2.90. The van der Waals surface area contributed by atoms with E-state index < -0.39 is 11.9 Å². The molecule has 0 saturated heterocycles. The third-order valence-electron chi connectivity index (χ3n) is 4.59. The van der Waals surface area contributed by atoms with Gasteiger partial charge in [-0.05, 0) is 48.5 Å². The van der Waals surface area contributed by atoms with Crippen LogP contribution < -0.4 is 44.7 Å². The number of carbonyl (C=O) groups is 2. The third kappa shape index (κ3) is 5.66. The van der Waals surface area contributed by atoms with Gasteiger partial charge in [-0.1, -0.05) is 41.9 Å². The first-order valence-corrected chi connectivity index (χ1v) is 9.77. The number of amides is 1. The molecule has 0 atom stereocenters. The minimum absolute atomic E-state index is 0. The maximum atomic E-state index is 12.6. The number of carboxylic acid groups (broad SMARTS) is 1. The fraction of sp³-hybridized carbons (Fsp3) is 0.0417. The Morgan fingerprint density at radius 2 is 1.78 bits per heavy atom. The topological polar surface area (TPSA) is 91.4 Å². The number of fused-ring (bicyclic) bond motifs is 1. The van der Waals surface area contributed by atoms with E-state index in [1.54, 1.807) is 24.3 Å². The first-order valence-electron chi connectivity index (χ1n) is 9.39. The van der Waals surface area contributed by atoms with E-state index in [-0.39, 0.29) is 52.4 Å². The maximum Gasteiger partial charge on any atom is 1.00 e. The third-order valence-corrected chi connectivity index (χ3v) is 4.82. The van der Waals surface area contributed by atoms with Crippen LogP contribution in [0, 0.1) is 0 Å². The molecular weight excluding hydrogens is 439 g/mol. The van der Waals surface area contributed by atoms with Gasteiger partial charge in [-0.2, -0.15) is 0 Å². The summed E-state index contributed by atoms with van der Waals surface area (Å²) in [5.41, 5.74) is 1.84. The predicted octanol–water partition coefficient (Wildman–Crippen LogP) is 1.09. The van der Waals surface area contributed by atoms with E-state index in [0.717, 1.165) is 16.6 Å². The molecule has 6 nitrogen and oxygen atoms in total. The van der Waals surface area contributed by atoms with Gasteiger partial charge < -0.3 is 20.0 Å². The molecule has 0 unspecified atom stereocenters. The number of carbonyl (C=O) groups excluding carboxylic acids is 2. The van der Waals surface area contributed by atoms with Gasteiger partial charge in [0.25, 0.3) is 5.91 Å². The molecule has 1 amide bonds. The first-order chi connectivity index (χ1) is 15.0. The second-order valence-corrected chi connectivity index (χ2v) is 7.18. The molecule has 1 N–H and O–H groups in total.